The van der Waals surface area contributed by atoms with Crippen molar-refractivity contribution in [2.75, 3.05) is 23.7 Å². The Balaban J connectivity index is 1.74. The lowest BCUT2D eigenvalue weighted by Crippen LogP contribution is -2.21. The molecule has 2 atom stereocenters. The molecule has 1 aliphatic heterocycles. The minimum Gasteiger partial charge on any atom is -0.408 e. The van der Waals surface area contributed by atoms with Gasteiger partial charge in [0.15, 0.2) is 5.58 Å². The molecule has 2 unspecified atom stereocenters. The summed E-state index contributed by atoms with van der Waals surface area (Å²) in [6.07, 6.45) is 4.05. The van der Waals surface area contributed by atoms with Crippen LogP contribution >= 0.6 is 0 Å². The summed E-state index contributed by atoms with van der Waals surface area (Å²) in [7, 11) is 0. The minimum atomic E-state index is -0.426. The molecule has 1 saturated heterocycles. The number of aromatic nitrogens is 1. The second-order valence-electron chi connectivity index (χ2n) is 5.78. The van der Waals surface area contributed by atoms with Crippen LogP contribution in [-0.4, -0.2) is 18.1 Å². The molecular formula is C14H17N3O2. The van der Waals surface area contributed by atoms with Crippen LogP contribution in [0.5, 0.6) is 0 Å². The molecule has 1 saturated carbocycles. The van der Waals surface area contributed by atoms with E-state index in [9.17, 15) is 4.79 Å². The highest BCUT2D eigenvalue weighted by Crippen LogP contribution is 2.41. The van der Waals surface area contributed by atoms with Crippen LogP contribution in [0.2, 0.25) is 0 Å². The predicted molar refractivity (Wildman–Crippen MR) is 74.3 cm³/mol. The van der Waals surface area contributed by atoms with Gasteiger partial charge in [-0.25, -0.2) is 4.79 Å². The molecule has 1 aromatic heterocycles. The smallest absolute Gasteiger partial charge is 0.408 e. The molecule has 2 heterocycles. The fraction of sp³-hybridized carbons (Fsp3) is 0.500. The topological polar surface area (TPSA) is 75.3 Å². The second-order valence-corrected chi connectivity index (χ2v) is 5.78. The van der Waals surface area contributed by atoms with Gasteiger partial charge in [0.2, 0.25) is 0 Å². The number of rotatable bonds is 1. The Morgan fingerprint density at radius 3 is 2.74 bits per heavy atom. The van der Waals surface area contributed by atoms with E-state index in [2.05, 4.69) is 9.88 Å². The Kier molecular flexibility index (Phi) is 2.19. The highest BCUT2D eigenvalue weighted by Gasteiger charge is 2.36. The highest BCUT2D eigenvalue weighted by atomic mass is 16.4. The third kappa shape index (κ3) is 1.64. The average Bonchev–Trinajstić information content (AvgIpc) is 2.99. The molecule has 2 aromatic rings. The first-order valence-corrected chi connectivity index (χ1v) is 6.88. The second kappa shape index (κ2) is 3.79. The number of benzene rings is 1. The van der Waals surface area contributed by atoms with Gasteiger partial charge < -0.3 is 15.1 Å². The first-order valence-electron chi connectivity index (χ1n) is 6.88. The van der Waals surface area contributed by atoms with Gasteiger partial charge in [0.05, 0.1) is 16.9 Å². The molecule has 19 heavy (non-hydrogen) atoms. The van der Waals surface area contributed by atoms with E-state index in [1.165, 1.54) is 19.3 Å². The van der Waals surface area contributed by atoms with E-state index < -0.39 is 5.76 Å². The Morgan fingerprint density at radius 2 is 2.00 bits per heavy atom. The van der Waals surface area contributed by atoms with Crippen LogP contribution in [0.3, 0.4) is 0 Å². The van der Waals surface area contributed by atoms with Crippen molar-refractivity contribution < 1.29 is 4.42 Å². The molecule has 3 N–H and O–H groups in total. The van der Waals surface area contributed by atoms with Gasteiger partial charge in [0, 0.05) is 19.2 Å². The van der Waals surface area contributed by atoms with Crippen molar-refractivity contribution >= 4 is 22.5 Å². The largest absolute Gasteiger partial charge is 0.417 e. The summed E-state index contributed by atoms with van der Waals surface area (Å²) >= 11 is 0. The van der Waals surface area contributed by atoms with Gasteiger partial charge >= 0.3 is 5.76 Å². The van der Waals surface area contributed by atoms with Crippen LogP contribution in [0.15, 0.2) is 21.3 Å². The Labute approximate surface area is 110 Å². The number of nitrogen functional groups attached to an aromatic ring is 1. The first kappa shape index (κ1) is 11.0. The fourth-order valence-corrected chi connectivity index (χ4v) is 3.71. The van der Waals surface area contributed by atoms with E-state index >= 15 is 0 Å². The number of nitrogens with one attached hydrogen (secondary N) is 1. The van der Waals surface area contributed by atoms with Crippen LogP contribution in [0, 0.1) is 11.8 Å². The number of H-pyrrole nitrogens is 1. The SMILES string of the molecule is Nc1cc2oc(=O)[nH]c2cc1N1CC2CCCC2C1. The van der Waals surface area contributed by atoms with Gasteiger partial charge in [-0.15, -0.1) is 0 Å². The van der Waals surface area contributed by atoms with Crippen molar-refractivity contribution in [3.8, 4) is 0 Å². The molecule has 2 fully saturated rings. The summed E-state index contributed by atoms with van der Waals surface area (Å²) in [5, 5.41) is 0. The third-order valence-electron chi connectivity index (χ3n) is 4.64. The number of fused-ring (bicyclic) bond motifs is 2. The van der Waals surface area contributed by atoms with E-state index in [4.69, 9.17) is 10.2 Å². The normalized spacial score (nSPS) is 26.2. The lowest BCUT2D eigenvalue weighted by molar-refractivity contribution is 0.494. The van der Waals surface area contributed by atoms with Crippen LogP contribution in [-0.2, 0) is 0 Å². The summed E-state index contributed by atoms with van der Waals surface area (Å²) in [6, 6.07) is 3.69. The van der Waals surface area contributed by atoms with Gasteiger partial charge in [-0.05, 0) is 30.7 Å². The zero-order valence-corrected chi connectivity index (χ0v) is 10.7. The van der Waals surface area contributed by atoms with Crippen LogP contribution in [0.25, 0.3) is 11.1 Å². The number of anilines is 2. The van der Waals surface area contributed by atoms with Crippen LogP contribution < -0.4 is 16.4 Å². The van der Waals surface area contributed by atoms with Gasteiger partial charge in [-0.1, -0.05) is 6.42 Å². The zero-order chi connectivity index (χ0) is 13.0. The molecule has 4 rings (SSSR count). The number of nitrogens with two attached hydrogens (primary N) is 1. The van der Waals surface area contributed by atoms with Crippen LogP contribution in [0.1, 0.15) is 19.3 Å². The minimum absolute atomic E-state index is 0.426. The Bertz CT molecular complexity index is 676. The molecule has 5 heteroatoms. The number of hydrogen-bond donors (Lipinski definition) is 2. The van der Waals surface area contributed by atoms with Crippen molar-refractivity contribution in [1.82, 2.24) is 4.98 Å². The summed E-state index contributed by atoms with van der Waals surface area (Å²) in [5.74, 6) is 1.21. The maximum atomic E-state index is 11.2. The van der Waals surface area contributed by atoms with E-state index in [0.29, 0.717) is 11.3 Å². The lowest BCUT2D eigenvalue weighted by Gasteiger charge is -2.21. The molecular weight excluding hydrogens is 242 g/mol. The maximum Gasteiger partial charge on any atom is 0.417 e. The number of nitrogens with zero attached hydrogens (tertiary/aromatic N) is 1. The van der Waals surface area contributed by atoms with Gasteiger partial charge in [-0.2, -0.15) is 0 Å². The Hall–Kier alpha value is -1.91. The van der Waals surface area contributed by atoms with E-state index in [-0.39, 0.29) is 0 Å². The summed E-state index contributed by atoms with van der Waals surface area (Å²) in [4.78, 5) is 16.3. The number of hydrogen-bond acceptors (Lipinski definition) is 4. The lowest BCUT2D eigenvalue weighted by atomic mass is 10.0. The third-order valence-corrected chi connectivity index (χ3v) is 4.64. The van der Waals surface area contributed by atoms with Gasteiger partial charge in [0.25, 0.3) is 0 Å². The molecule has 0 spiro atoms. The van der Waals surface area contributed by atoms with Crippen molar-refractivity contribution in [2.24, 2.45) is 11.8 Å². The molecule has 0 radical (unpaired) electrons. The van der Waals surface area contributed by atoms with Crippen molar-refractivity contribution in [2.45, 2.75) is 19.3 Å². The molecule has 1 aromatic carbocycles. The van der Waals surface area contributed by atoms with E-state index in [0.717, 1.165) is 36.1 Å². The van der Waals surface area contributed by atoms with Crippen molar-refractivity contribution in [3.05, 3.63) is 22.7 Å². The molecule has 2 aliphatic rings. The van der Waals surface area contributed by atoms with Crippen LogP contribution in [0.4, 0.5) is 11.4 Å². The maximum absolute atomic E-state index is 11.2. The molecule has 1 aliphatic carbocycles. The van der Waals surface area contributed by atoms with Gasteiger partial charge in [0.1, 0.15) is 0 Å². The summed E-state index contributed by atoms with van der Waals surface area (Å²) in [5.41, 5.74) is 9.09. The summed E-state index contributed by atoms with van der Waals surface area (Å²) in [6.45, 7) is 2.17. The van der Waals surface area contributed by atoms with Crippen molar-refractivity contribution in [3.63, 3.8) is 0 Å². The molecule has 5 nitrogen and oxygen atoms in total. The van der Waals surface area contributed by atoms with Gasteiger partial charge in [-0.3, -0.25) is 4.98 Å². The fourth-order valence-electron chi connectivity index (χ4n) is 3.71. The zero-order valence-electron chi connectivity index (χ0n) is 10.7. The van der Waals surface area contributed by atoms with Crippen molar-refractivity contribution in [1.29, 1.82) is 0 Å². The average molecular weight is 259 g/mol. The molecule has 100 valence electrons. The standard InChI is InChI=1S/C14H17N3O2/c15-10-4-13-11(16-14(18)19-13)5-12(10)17-6-8-2-1-3-9(8)7-17/h4-5,8-9H,1-3,6-7,15H2,(H,16,18). The first-order chi connectivity index (χ1) is 9.20. The Morgan fingerprint density at radius 1 is 1.26 bits per heavy atom. The van der Waals surface area contributed by atoms with E-state index in [1.807, 2.05) is 6.07 Å². The predicted octanol–water partition coefficient (Wildman–Crippen LogP) is 1.94. The number of aromatic amines is 1. The quantitative estimate of drug-likeness (QED) is 0.767. The van der Waals surface area contributed by atoms with E-state index in [1.54, 1.807) is 6.07 Å². The molecule has 0 amide bonds. The highest BCUT2D eigenvalue weighted by molar-refractivity contribution is 5.85. The molecule has 0 bridgehead atoms. The number of oxazole rings is 1. The summed E-state index contributed by atoms with van der Waals surface area (Å²) < 4.78 is 5.03. The monoisotopic (exact) mass is 259 g/mol.